The van der Waals surface area contributed by atoms with E-state index in [-0.39, 0.29) is 5.91 Å². The largest absolute Gasteiger partial charge is 0.302 e. The second kappa shape index (κ2) is 9.90. The van der Waals surface area contributed by atoms with Crippen LogP contribution in [-0.4, -0.2) is 42.0 Å². The van der Waals surface area contributed by atoms with Crippen molar-refractivity contribution in [2.45, 2.75) is 41.0 Å². The molecule has 1 amide bonds. The molecule has 0 atom stereocenters. The van der Waals surface area contributed by atoms with E-state index in [1.807, 2.05) is 23.1 Å². The fourth-order valence-electron chi connectivity index (χ4n) is 3.85. The van der Waals surface area contributed by atoms with Crippen LogP contribution in [0.25, 0.3) is 10.2 Å². The summed E-state index contributed by atoms with van der Waals surface area (Å²) >= 11 is 7.68. The number of aromatic nitrogens is 1. The maximum atomic E-state index is 13.5. The van der Waals surface area contributed by atoms with Crippen molar-refractivity contribution < 1.29 is 4.79 Å². The monoisotopic (exact) mass is 443 g/mol. The smallest absolute Gasteiger partial charge is 0.233 e. The van der Waals surface area contributed by atoms with Crippen molar-refractivity contribution >= 4 is 44.2 Å². The van der Waals surface area contributed by atoms with Gasteiger partial charge in [-0.25, -0.2) is 4.98 Å². The van der Waals surface area contributed by atoms with Gasteiger partial charge in [0.15, 0.2) is 5.13 Å². The van der Waals surface area contributed by atoms with Crippen LogP contribution in [0.4, 0.5) is 5.13 Å². The number of carbonyl (C=O) groups is 1. The van der Waals surface area contributed by atoms with Crippen molar-refractivity contribution in [2.75, 3.05) is 31.1 Å². The van der Waals surface area contributed by atoms with Crippen molar-refractivity contribution in [3.63, 3.8) is 0 Å². The molecular formula is C24H30ClN3OS. The zero-order valence-electron chi connectivity index (χ0n) is 18.5. The van der Waals surface area contributed by atoms with Gasteiger partial charge in [0.05, 0.1) is 16.6 Å². The molecule has 6 heteroatoms. The van der Waals surface area contributed by atoms with Gasteiger partial charge in [-0.15, -0.1) is 0 Å². The number of fused-ring (bicyclic) bond motifs is 1. The highest BCUT2D eigenvalue weighted by Gasteiger charge is 2.22. The van der Waals surface area contributed by atoms with Crippen LogP contribution < -0.4 is 4.90 Å². The van der Waals surface area contributed by atoms with Crippen LogP contribution in [0.3, 0.4) is 0 Å². The van der Waals surface area contributed by atoms with Crippen LogP contribution in [0.15, 0.2) is 30.3 Å². The van der Waals surface area contributed by atoms with Gasteiger partial charge >= 0.3 is 0 Å². The van der Waals surface area contributed by atoms with Gasteiger partial charge in [0.1, 0.15) is 0 Å². The molecule has 2 aromatic carbocycles. The third-order valence-electron chi connectivity index (χ3n) is 5.57. The number of halogens is 1. The van der Waals surface area contributed by atoms with Crippen molar-refractivity contribution in [3.8, 4) is 0 Å². The fourth-order valence-corrected chi connectivity index (χ4v) is 5.13. The molecular weight excluding hydrogens is 414 g/mol. The number of nitrogens with zero attached hydrogens (tertiary/aromatic N) is 3. The quantitative estimate of drug-likeness (QED) is 0.442. The van der Waals surface area contributed by atoms with Gasteiger partial charge < -0.3 is 4.90 Å². The number of thiazole rings is 1. The molecule has 0 aliphatic rings. The maximum absolute atomic E-state index is 13.5. The van der Waals surface area contributed by atoms with E-state index in [0.29, 0.717) is 18.0 Å². The number of carbonyl (C=O) groups excluding carboxylic acids is 1. The Morgan fingerprint density at radius 3 is 2.33 bits per heavy atom. The lowest BCUT2D eigenvalue weighted by molar-refractivity contribution is -0.118. The molecule has 1 heterocycles. The van der Waals surface area contributed by atoms with Crippen molar-refractivity contribution in [2.24, 2.45) is 0 Å². The standard InChI is InChI=1S/C24H30ClN3OS/c1-6-27(7-2)10-11-28(24-26-21-9-8-19(25)14-22(21)30-24)23(29)15-20-17(4)12-16(3)13-18(20)5/h8-9,12-14H,6-7,10-11,15H2,1-5H3. The second-order valence-electron chi connectivity index (χ2n) is 7.73. The highest BCUT2D eigenvalue weighted by Crippen LogP contribution is 2.31. The summed E-state index contributed by atoms with van der Waals surface area (Å²) in [7, 11) is 0. The molecule has 0 bridgehead atoms. The molecule has 0 unspecified atom stereocenters. The first-order valence-electron chi connectivity index (χ1n) is 10.5. The van der Waals surface area contributed by atoms with Gasteiger partial charge in [0, 0.05) is 18.1 Å². The summed E-state index contributed by atoms with van der Waals surface area (Å²) in [5.74, 6) is 0.0855. The molecule has 1 aromatic heterocycles. The van der Waals surface area contributed by atoms with Gasteiger partial charge in [-0.1, -0.05) is 54.5 Å². The molecule has 0 fully saturated rings. The van der Waals surface area contributed by atoms with Crippen molar-refractivity contribution in [1.82, 2.24) is 9.88 Å². The number of hydrogen-bond acceptors (Lipinski definition) is 4. The van der Waals surface area contributed by atoms with Crippen molar-refractivity contribution in [3.05, 3.63) is 57.6 Å². The lowest BCUT2D eigenvalue weighted by Gasteiger charge is -2.25. The van der Waals surface area contributed by atoms with Crippen molar-refractivity contribution in [1.29, 1.82) is 0 Å². The number of benzene rings is 2. The summed E-state index contributed by atoms with van der Waals surface area (Å²) in [6, 6.07) is 9.97. The molecule has 0 N–H and O–H groups in total. The molecule has 3 rings (SSSR count). The first kappa shape index (κ1) is 22.7. The number of rotatable bonds is 8. The third-order valence-corrected chi connectivity index (χ3v) is 6.85. The Bertz CT molecular complexity index is 1020. The van der Waals surface area contributed by atoms with E-state index < -0.39 is 0 Å². The second-order valence-corrected chi connectivity index (χ2v) is 9.18. The van der Waals surface area contributed by atoms with Gasteiger partial charge in [0.2, 0.25) is 5.91 Å². The van der Waals surface area contributed by atoms with E-state index in [9.17, 15) is 4.79 Å². The topological polar surface area (TPSA) is 36.4 Å². The van der Waals surface area contributed by atoms with Gasteiger partial charge in [0.25, 0.3) is 0 Å². The summed E-state index contributed by atoms with van der Waals surface area (Å²) in [6.07, 6.45) is 0.382. The highest BCUT2D eigenvalue weighted by atomic mass is 35.5. The summed E-state index contributed by atoms with van der Waals surface area (Å²) in [5, 5.41) is 1.43. The normalized spacial score (nSPS) is 11.4. The first-order chi connectivity index (χ1) is 14.3. The lowest BCUT2D eigenvalue weighted by atomic mass is 9.97. The van der Waals surface area contributed by atoms with Crippen LogP contribution in [-0.2, 0) is 11.2 Å². The molecule has 0 saturated carbocycles. The van der Waals surface area contributed by atoms with Gasteiger partial charge in [-0.2, -0.15) is 0 Å². The third kappa shape index (κ3) is 5.20. The first-order valence-corrected chi connectivity index (χ1v) is 11.7. The predicted molar refractivity (Wildman–Crippen MR) is 129 cm³/mol. The van der Waals surface area contributed by atoms with Crippen LogP contribution in [0.5, 0.6) is 0 Å². The molecule has 0 radical (unpaired) electrons. The zero-order valence-corrected chi connectivity index (χ0v) is 20.0. The number of hydrogen-bond donors (Lipinski definition) is 0. The maximum Gasteiger partial charge on any atom is 0.233 e. The van der Waals surface area contributed by atoms with E-state index in [1.54, 1.807) is 0 Å². The average molecular weight is 444 g/mol. The molecule has 0 aliphatic carbocycles. The Kier molecular flexibility index (Phi) is 7.50. The minimum atomic E-state index is 0.0855. The van der Waals surface area contributed by atoms with Crippen LogP contribution in [0, 0.1) is 20.8 Å². The number of aryl methyl sites for hydroxylation is 3. The highest BCUT2D eigenvalue weighted by molar-refractivity contribution is 7.22. The van der Waals surface area contributed by atoms with Gasteiger partial charge in [-0.3, -0.25) is 9.69 Å². The molecule has 0 saturated heterocycles. The Morgan fingerprint density at radius 1 is 1.03 bits per heavy atom. The SMILES string of the molecule is CCN(CC)CCN(C(=O)Cc1c(C)cc(C)cc1C)c1nc2ccc(Cl)cc2s1. The molecule has 4 nitrogen and oxygen atoms in total. The van der Waals surface area contributed by atoms with E-state index >= 15 is 0 Å². The molecule has 160 valence electrons. The summed E-state index contributed by atoms with van der Waals surface area (Å²) in [6.45, 7) is 13.9. The lowest BCUT2D eigenvalue weighted by Crippen LogP contribution is -2.39. The Labute approximate surface area is 188 Å². The molecule has 0 spiro atoms. The minimum Gasteiger partial charge on any atom is -0.302 e. The van der Waals surface area contributed by atoms with E-state index in [2.05, 4.69) is 51.7 Å². The molecule has 0 aliphatic heterocycles. The predicted octanol–water partition coefficient (Wildman–Crippen LogP) is 5.79. The fraction of sp³-hybridized carbons (Fsp3) is 0.417. The zero-order chi connectivity index (χ0) is 21.8. The molecule has 30 heavy (non-hydrogen) atoms. The Balaban J connectivity index is 1.92. The number of anilines is 1. The summed E-state index contributed by atoms with van der Waals surface area (Å²) < 4.78 is 1.00. The van der Waals surface area contributed by atoms with Crippen LogP contribution in [0.1, 0.15) is 36.1 Å². The van der Waals surface area contributed by atoms with Gasteiger partial charge in [-0.05, 0) is 68.8 Å². The Morgan fingerprint density at radius 2 is 1.70 bits per heavy atom. The van der Waals surface area contributed by atoms with E-state index in [1.165, 1.54) is 28.0 Å². The minimum absolute atomic E-state index is 0.0855. The molecule has 3 aromatic rings. The number of amides is 1. The summed E-state index contributed by atoms with van der Waals surface area (Å²) in [5.41, 5.74) is 5.55. The van der Waals surface area contributed by atoms with E-state index in [4.69, 9.17) is 16.6 Å². The Hall–Kier alpha value is -1.95. The van der Waals surface area contributed by atoms with Crippen LogP contribution in [0.2, 0.25) is 5.02 Å². The number of likely N-dealkylation sites (N-methyl/N-ethyl adjacent to an activating group) is 1. The average Bonchev–Trinajstić information content (AvgIpc) is 3.10. The van der Waals surface area contributed by atoms with E-state index in [0.717, 1.165) is 40.5 Å². The summed E-state index contributed by atoms with van der Waals surface area (Å²) in [4.78, 5) is 22.4. The van der Waals surface area contributed by atoms with Crippen LogP contribution >= 0.6 is 22.9 Å².